The highest BCUT2D eigenvalue weighted by Crippen LogP contribution is 2.21. The van der Waals surface area contributed by atoms with Crippen molar-refractivity contribution in [1.29, 1.82) is 0 Å². The van der Waals surface area contributed by atoms with Crippen molar-refractivity contribution >= 4 is 0 Å². The van der Waals surface area contributed by atoms with E-state index in [9.17, 15) is 5.11 Å². The molecule has 0 bridgehead atoms. The Kier molecular flexibility index (Phi) is 3.72. The van der Waals surface area contributed by atoms with Crippen LogP contribution in [-0.4, -0.2) is 30.0 Å². The molecule has 0 aromatic carbocycles. The zero-order chi connectivity index (χ0) is 8.97. The lowest BCUT2D eigenvalue weighted by Crippen LogP contribution is -2.39. The van der Waals surface area contributed by atoms with Crippen LogP contribution in [0.2, 0.25) is 0 Å². The first-order valence-corrected chi connectivity index (χ1v) is 4.40. The fourth-order valence-corrected chi connectivity index (χ4v) is 1.58. The summed E-state index contributed by atoms with van der Waals surface area (Å²) in [6, 6.07) is 0. The predicted molar refractivity (Wildman–Crippen MR) is 47.8 cm³/mol. The molecule has 0 aromatic rings. The Labute approximate surface area is 73.2 Å². The van der Waals surface area contributed by atoms with Crippen LogP contribution < -0.4 is 5.73 Å². The fraction of sp³-hybridized carbons (Fsp3) is 0.778. The highest BCUT2D eigenvalue weighted by Gasteiger charge is 2.26. The van der Waals surface area contributed by atoms with Crippen molar-refractivity contribution in [2.45, 2.75) is 37.6 Å². The van der Waals surface area contributed by atoms with Gasteiger partial charge in [-0.3, -0.25) is 0 Å². The maximum Gasteiger partial charge on any atom is 0.0725 e. The van der Waals surface area contributed by atoms with E-state index in [-0.39, 0.29) is 18.3 Å². The van der Waals surface area contributed by atoms with E-state index in [1.54, 1.807) is 0 Å². The van der Waals surface area contributed by atoms with Crippen molar-refractivity contribution < 1.29 is 9.84 Å². The van der Waals surface area contributed by atoms with Crippen molar-refractivity contribution in [2.75, 3.05) is 6.54 Å². The van der Waals surface area contributed by atoms with Crippen LogP contribution >= 0.6 is 0 Å². The van der Waals surface area contributed by atoms with Gasteiger partial charge in [0.15, 0.2) is 0 Å². The first-order chi connectivity index (χ1) is 5.76. The average Bonchev–Trinajstić information content (AvgIpc) is 2.04. The van der Waals surface area contributed by atoms with Crippen LogP contribution in [0.15, 0.2) is 12.7 Å². The van der Waals surface area contributed by atoms with Gasteiger partial charge in [-0.2, -0.15) is 0 Å². The summed E-state index contributed by atoms with van der Waals surface area (Å²) in [4.78, 5) is 0. The fourth-order valence-electron chi connectivity index (χ4n) is 1.58. The second kappa shape index (κ2) is 4.60. The summed E-state index contributed by atoms with van der Waals surface area (Å²) in [5.74, 6) is 0. The Morgan fingerprint density at radius 1 is 1.50 bits per heavy atom. The molecule has 0 radical (unpaired) electrons. The SMILES string of the molecule is C=CC[C@@H]1C[C@H](O)C[C@H](CN)O1. The van der Waals surface area contributed by atoms with Gasteiger partial charge in [-0.25, -0.2) is 0 Å². The lowest BCUT2D eigenvalue weighted by atomic mass is 9.99. The topological polar surface area (TPSA) is 55.5 Å². The minimum atomic E-state index is -0.253. The molecule has 1 heterocycles. The lowest BCUT2D eigenvalue weighted by molar-refractivity contribution is -0.0891. The van der Waals surface area contributed by atoms with Gasteiger partial charge in [-0.05, 0) is 12.8 Å². The summed E-state index contributed by atoms with van der Waals surface area (Å²) >= 11 is 0. The summed E-state index contributed by atoms with van der Waals surface area (Å²) in [7, 11) is 0. The van der Waals surface area contributed by atoms with Gasteiger partial charge in [-0.15, -0.1) is 6.58 Å². The molecule has 3 atom stereocenters. The van der Waals surface area contributed by atoms with E-state index >= 15 is 0 Å². The van der Waals surface area contributed by atoms with Crippen molar-refractivity contribution in [3.05, 3.63) is 12.7 Å². The normalized spacial score (nSPS) is 36.3. The van der Waals surface area contributed by atoms with Crippen LogP contribution in [0.5, 0.6) is 0 Å². The summed E-state index contributed by atoms with van der Waals surface area (Å²) in [6.45, 7) is 4.13. The average molecular weight is 171 g/mol. The Bertz CT molecular complexity index is 149. The first kappa shape index (κ1) is 9.71. The second-order valence-electron chi connectivity index (χ2n) is 3.27. The zero-order valence-electron chi connectivity index (χ0n) is 7.28. The molecule has 1 saturated heterocycles. The Balaban J connectivity index is 2.39. The second-order valence-corrected chi connectivity index (χ2v) is 3.27. The quantitative estimate of drug-likeness (QED) is 0.605. The zero-order valence-corrected chi connectivity index (χ0v) is 7.28. The molecule has 0 spiro atoms. The van der Waals surface area contributed by atoms with E-state index in [0.29, 0.717) is 19.4 Å². The number of nitrogens with two attached hydrogens (primary N) is 1. The molecule has 0 saturated carbocycles. The molecular weight excluding hydrogens is 154 g/mol. The molecule has 0 aromatic heterocycles. The van der Waals surface area contributed by atoms with Crippen molar-refractivity contribution in [3.8, 4) is 0 Å². The number of hydrogen-bond donors (Lipinski definition) is 2. The molecule has 1 aliphatic heterocycles. The van der Waals surface area contributed by atoms with Crippen molar-refractivity contribution in [2.24, 2.45) is 5.73 Å². The number of aliphatic hydroxyl groups is 1. The number of rotatable bonds is 3. The summed E-state index contributed by atoms with van der Waals surface area (Å²) < 4.78 is 5.59. The van der Waals surface area contributed by atoms with Gasteiger partial charge in [0.25, 0.3) is 0 Å². The molecule has 1 aliphatic rings. The highest BCUT2D eigenvalue weighted by molar-refractivity contribution is 4.82. The minimum absolute atomic E-state index is 0.0266. The van der Waals surface area contributed by atoms with Crippen LogP contribution in [0, 0.1) is 0 Å². The Morgan fingerprint density at radius 2 is 2.17 bits per heavy atom. The number of hydrogen-bond acceptors (Lipinski definition) is 3. The molecule has 0 amide bonds. The van der Waals surface area contributed by atoms with Crippen LogP contribution in [0.25, 0.3) is 0 Å². The van der Waals surface area contributed by atoms with Gasteiger partial charge < -0.3 is 15.6 Å². The van der Waals surface area contributed by atoms with Crippen LogP contribution in [-0.2, 0) is 4.74 Å². The monoisotopic (exact) mass is 171 g/mol. The molecule has 1 rings (SSSR count). The van der Waals surface area contributed by atoms with Gasteiger partial charge in [-0.1, -0.05) is 6.08 Å². The third-order valence-corrected chi connectivity index (χ3v) is 2.15. The third-order valence-electron chi connectivity index (χ3n) is 2.15. The van der Waals surface area contributed by atoms with Gasteiger partial charge in [0.2, 0.25) is 0 Å². The smallest absolute Gasteiger partial charge is 0.0725 e. The lowest BCUT2D eigenvalue weighted by Gasteiger charge is -2.32. The molecule has 0 aliphatic carbocycles. The molecular formula is C9H17NO2. The van der Waals surface area contributed by atoms with Crippen molar-refractivity contribution in [3.63, 3.8) is 0 Å². The van der Waals surface area contributed by atoms with E-state index in [4.69, 9.17) is 10.5 Å². The predicted octanol–water partition coefficient (Wildman–Crippen LogP) is 0.430. The molecule has 3 nitrogen and oxygen atoms in total. The maximum atomic E-state index is 9.44. The molecule has 70 valence electrons. The largest absolute Gasteiger partial charge is 0.393 e. The minimum Gasteiger partial charge on any atom is -0.393 e. The molecule has 12 heavy (non-hydrogen) atoms. The van der Waals surface area contributed by atoms with Gasteiger partial charge in [0.1, 0.15) is 0 Å². The van der Waals surface area contributed by atoms with Gasteiger partial charge in [0, 0.05) is 13.0 Å². The Morgan fingerprint density at radius 3 is 2.75 bits per heavy atom. The van der Waals surface area contributed by atoms with E-state index in [1.807, 2.05) is 6.08 Å². The summed E-state index contributed by atoms with van der Waals surface area (Å²) in [6.07, 6.45) is 3.88. The first-order valence-electron chi connectivity index (χ1n) is 4.40. The van der Waals surface area contributed by atoms with Gasteiger partial charge in [0.05, 0.1) is 18.3 Å². The molecule has 3 heteroatoms. The third kappa shape index (κ3) is 2.59. The highest BCUT2D eigenvalue weighted by atomic mass is 16.5. The standard InChI is InChI=1S/C9H17NO2/c1-2-3-8-4-7(11)5-9(6-10)12-8/h2,7-9,11H,1,3-6,10H2/t7-,8+,9+/m0/s1. The summed E-state index contributed by atoms with van der Waals surface area (Å²) in [5.41, 5.74) is 5.46. The van der Waals surface area contributed by atoms with E-state index in [1.165, 1.54) is 0 Å². The van der Waals surface area contributed by atoms with Crippen LogP contribution in [0.3, 0.4) is 0 Å². The Hall–Kier alpha value is -0.380. The van der Waals surface area contributed by atoms with E-state index in [0.717, 1.165) is 6.42 Å². The number of aliphatic hydroxyl groups excluding tert-OH is 1. The maximum absolute atomic E-state index is 9.44. The van der Waals surface area contributed by atoms with Crippen LogP contribution in [0.1, 0.15) is 19.3 Å². The molecule has 1 fully saturated rings. The molecule has 3 N–H and O–H groups in total. The summed E-state index contributed by atoms with van der Waals surface area (Å²) in [5, 5.41) is 9.44. The van der Waals surface area contributed by atoms with Crippen LogP contribution in [0.4, 0.5) is 0 Å². The number of ether oxygens (including phenoxy) is 1. The van der Waals surface area contributed by atoms with E-state index in [2.05, 4.69) is 6.58 Å². The van der Waals surface area contributed by atoms with Crippen molar-refractivity contribution in [1.82, 2.24) is 0 Å². The van der Waals surface area contributed by atoms with Gasteiger partial charge >= 0.3 is 0 Å². The van der Waals surface area contributed by atoms with E-state index < -0.39 is 0 Å². The molecule has 0 unspecified atom stereocenters.